The topological polar surface area (TPSA) is 69.2 Å². The molecule has 0 spiro atoms. The van der Waals surface area contributed by atoms with E-state index in [-0.39, 0.29) is 0 Å². The fourth-order valence-electron chi connectivity index (χ4n) is 2.76. The number of nitrogens with one attached hydrogen (secondary N) is 1. The first-order valence-electron chi connectivity index (χ1n) is 9.92. The van der Waals surface area contributed by atoms with Crippen molar-refractivity contribution in [1.82, 2.24) is 5.43 Å². The van der Waals surface area contributed by atoms with Crippen LogP contribution < -0.4 is 19.6 Å². The number of methoxy groups -OCH3 is 1. The molecule has 0 unspecified atom stereocenters. The first kappa shape index (κ1) is 24.2. The summed E-state index contributed by atoms with van der Waals surface area (Å²) in [5.41, 5.74) is 4.53. The molecule has 1 amide bonds. The first-order chi connectivity index (χ1) is 16.0. The van der Waals surface area contributed by atoms with E-state index in [4.69, 9.17) is 37.4 Å². The van der Waals surface area contributed by atoms with Gasteiger partial charge in [-0.05, 0) is 59.7 Å². The van der Waals surface area contributed by atoms with Crippen LogP contribution >= 0.6 is 23.2 Å². The summed E-state index contributed by atoms with van der Waals surface area (Å²) in [6, 6.07) is 17.5. The molecule has 0 bridgehead atoms. The van der Waals surface area contributed by atoms with Crippen molar-refractivity contribution in [3.63, 3.8) is 0 Å². The minimum absolute atomic E-state index is 0.333. The van der Waals surface area contributed by atoms with Crippen molar-refractivity contribution in [2.75, 3.05) is 13.7 Å². The second-order valence-electron chi connectivity index (χ2n) is 6.77. The van der Waals surface area contributed by atoms with Crippen molar-refractivity contribution in [3.8, 4) is 17.2 Å². The standard InChI is InChI=1S/C25H22Cl2N2O4/c1-3-12-32-23-11-7-19(14-24(23)31-2)25(30)29-28-15-18-6-10-22(21(27)13-18)33-16-17-4-8-20(26)9-5-17/h3-11,13-15H,1,12,16H2,2H3,(H,29,30)/b28-15+. The van der Waals surface area contributed by atoms with Crippen molar-refractivity contribution in [1.29, 1.82) is 0 Å². The maximum Gasteiger partial charge on any atom is 0.271 e. The molecule has 0 fully saturated rings. The number of carbonyl (C=O) groups excluding carboxylic acids is 1. The van der Waals surface area contributed by atoms with Gasteiger partial charge in [-0.1, -0.05) is 48.0 Å². The SMILES string of the molecule is C=CCOc1ccc(C(=O)N/N=C/c2ccc(OCc3ccc(Cl)cc3)c(Cl)c2)cc1OC. The van der Waals surface area contributed by atoms with Crippen molar-refractivity contribution in [2.45, 2.75) is 6.61 Å². The Balaban J connectivity index is 1.58. The number of rotatable bonds is 10. The molecule has 0 aromatic heterocycles. The van der Waals surface area contributed by atoms with Gasteiger partial charge in [-0.15, -0.1) is 0 Å². The Bertz CT molecular complexity index is 1150. The average molecular weight is 485 g/mol. The molecule has 3 rings (SSSR count). The molecule has 0 saturated heterocycles. The lowest BCUT2D eigenvalue weighted by atomic mass is 10.2. The fraction of sp³-hybridized carbons (Fsp3) is 0.120. The fourth-order valence-corrected chi connectivity index (χ4v) is 3.13. The minimum Gasteiger partial charge on any atom is -0.493 e. The van der Waals surface area contributed by atoms with Gasteiger partial charge in [0.25, 0.3) is 5.91 Å². The van der Waals surface area contributed by atoms with Crippen molar-refractivity contribution in [2.24, 2.45) is 5.10 Å². The van der Waals surface area contributed by atoms with E-state index in [2.05, 4.69) is 17.1 Å². The maximum absolute atomic E-state index is 12.4. The Labute approximate surface area is 202 Å². The van der Waals surface area contributed by atoms with Gasteiger partial charge in [0.2, 0.25) is 0 Å². The lowest BCUT2D eigenvalue weighted by Gasteiger charge is -2.10. The summed E-state index contributed by atoms with van der Waals surface area (Å²) in [6.45, 7) is 4.30. The molecule has 6 nitrogen and oxygen atoms in total. The molecular weight excluding hydrogens is 463 g/mol. The van der Waals surface area contributed by atoms with Crippen LogP contribution in [0.5, 0.6) is 17.2 Å². The number of hydrazone groups is 1. The van der Waals surface area contributed by atoms with E-state index in [1.807, 2.05) is 12.1 Å². The molecule has 0 aliphatic carbocycles. The van der Waals surface area contributed by atoms with Crippen molar-refractivity contribution < 1.29 is 19.0 Å². The number of halogens is 2. The highest BCUT2D eigenvalue weighted by molar-refractivity contribution is 6.32. The highest BCUT2D eigenvalue weighted by Crippen LogP contribution is 2.28. The predicted molar refractivity (Wildman–Crippen MR) is 131 cm³/mol. The number of nitrogens with zero attached hydrogens (tertiary/aromatic N) is 1. The van der Waals surface area contributed by atoms with Crippen LogP contribution in [0.25, 0.3) is 0 Å². The van der Waals surface area contributed by atoms with Crippen LogP contribution in [0.4, 0.5) is 0 Å². The molecule has 170 valence electrons. The number of hydrogen-bond donors (Lipinski definition) is 1. The molecule has 0 radical (unpaired) electrons. The largest absolute Gasteiger partial charge is 0.493 e. The summed E-state index contributed by atoms with van der Waals surface area (Å²) >= 11 is 12.2. The third-order valence-corrected chi connectivity index (χ3v) is 4.97. The van der Waals surface area contributed by atoms with Crippen molar-refractivity contribution >= 4 is 35.3 Å². The first-order valence-corrected chi connectivity index (χ1v) is 10.7. The summed E-state index contributed by atoms with van der Waals surface area (Å²) in [4.78, 5) is 12.4. The van der Waals surface area contributed by atoms with Crippen LogP contribution in [-0.4, -0.2) is 25.8 Å². The van der Waals surface area contributed by atoms with E-state index in [0.717, 1.165) is 5.56 Å². The van der Waals surface area contributed by atoms with Gasteiger partial charge in [0, 0.05) is 10.6 Å². The zero-order valence-corrected chi connectivity index (χ0v) is 19.4. The zero-order valence-electron chi connectivity index (χ0n) is 17.9. The Morgan fingerprint density at radius 2 is 1.76 bits per heavy atom. The van der Waals surface area contributed by atoms with E-state index in [0.29, 0.717) is 51.6 Å². The van der Waals surface area contributed by atoms with Crippen LogP contribution in [0.15, 0.2) is 78.4 Å². The Kier molecular flexibility index (Phi) is 8.75. The molecule has 33 heavy (non-hydrogen) atoms. The summed E-state index contributed by atoms with van der Waals surface area (Å²) < 4.78 is 16.5. The lowest BCUT2D eigenvalue weighted by molar-refractivity contribution is 0.0954. The van der Waals surface area contributed by atoms with E-state index in [1.165, 1.54) is 13.3 Å². The van der Waals surface area contributed by atoms with Gasteiger partial charge in [-0.25, -0.2) is 5.43 Å². The summed E-state index contributed by atoms with van der Waals surface area (Å²) in [6.07, 6.45) is 3.12. The van der Waals surface area contributed by atoms with Gasteiger partial charge in [-0.3, -0.25) is 4.79 Å². The number of hydrogen-bond acceptors (Lipinski definition) is 5. The molecule has 0 saturated carbocycles. The quantitative estimate of drug-likeness (QED) is 0.220. The zero-order chi connectivity index (χ0) is 23.6. The van der Waals surface area contributed by atoms with E-state index < -0.39 is 5.91 Å². The van der Waals surface area contributed by atoms with Gasteiger partial charge in [0.05, 0.1) is 18.3 Å². The Hall–Kier alpha value is -3.48. The minimum atomic E-state index is -0.395. The maximum atomic E-state index is 12.4. The van der Waals surface area contributed by atoms with Gasteiger partial charge < -0.3 is 14.2 Å². The normalized spacial score (nSPS) is 10.6. The van der Waals surface area contributed by atoms with Gasteiger partial charge in [0.15, 0.2) is 11.5 Å². The smallest absolute Gasteiger partial charge is 0.271 e. The van der Waals surface area contributed by atoms with E-state index in [9.17, 15) is 4.79 Å². The van der Waals surface area contributed by atoms with Gasteiger partial charge in [0.1, 0.15) is 19.0 Å². The highest BCUT2D eigenvalue weighted by atomic mass is 35.5. The van der Waals surface area contributed by atoms with E-state index in [1.54, 1.807) is 54.6 Å². The van der Waals surface area contributed by atoms with Crippen LogP contribution in [0.1, 0.15) is 21.5 Å². The number of amides is 1. The summed E-state index contributed by atoms with van der Waals surface area (Å²) in [5, 5.41) is 5.09. The van der Waals surface area contributed by atoms with E-state index >= 15 is 0 Å². The molecule has 0 atom stereocenters. The summed E-state index contributed by atoms with van der Waals surface area (Å²) in [7, 11) is 1.50. The van der Waals surface area contributed by atoms with Gasteiger partial charge in [-0.2, -0.15) is 5.10 Å². The number of benzene rings is 3. The van der Waals surface area contributed by atoms with Crippen LogP contribution in [0.2, 0.25) is 10.0 Å². The number of ether oxygens (including phenoxy) is 3. The average Bonchev–Trinajstić information content (AvgIpc) is 2.83. The summed E-state index contributed by atoms with van der Waals surface area (Å²) in [5.74, 6) is 1.10. The molecule has 0 aliphatic heterocycles. The molecule has 0 aliphatic rings. The second kappa shape index (κ2) is 11.9. The lowest BCUT2D eigenvalue weighted by Crippen LogP contribution is -2.17. The van der Waals surface area contributed by atoms with Crippen LogP contribution in [0.3, 0.4) is 0 Å². The molecule has 3 aromatic carbocycles. The third-order valence-electron chi connectivity index (χ3n) is 4.43. The van der Waals surface area contributed by atoms with Crippen LogP contribution in [0, 0.1) is 0 Å². The monoisotopic (exact) mass is 484 g/mol. The predicted octanol–water partition coefficient (Wildman–Crippen LogP) is 5.91. The molecule has 3 aromatic rings. The van der Waals surface area contributed by atoms with Crippen molar-refractivity contribution in [3.05, 3.63) is 100 Å². The highest BCUT2D eigenvalue weighted by Gasteiger charge is 2.11. The molecular formula is C25H22Cl2N2O4. The van der Waals surface area contributed by atoms with Crippen LogP contribution in [-0.2, 0) is 6.61 Å². The number of carbonyl (C=O) groups is 1. The molecule has 1 N–H and O–H groups in total. The second-order valence-corrected chi connectivity index (χ2v) is 7.61. The molecule has 0 heterocycles. The Morgan fingerprint density at radius 3 is 2.45 bits per heavy atom. The third kappa shape index (κ3) is 7.00. The molecule has 8 heteroatoms. The Morgan fingerprint density at radius 1 is 1.00 bits per heavy atom. The van der Waals surface area contributed by atoms with Gasteiger partial charge >= 0.3 is 0 Å².